The van der Waals surface area contributed by atoms with Crippen molar-refractivity contribution in [2.24, 2.45) is 0 Å². The summed E-state index contributed by atoms with van der Waals surface area (Å²) in [4.78, 5) is 11.7. The van der Waals surface area contributed by atoms with E-state index in [0.717, 1.165) is 22.8 Å². The van der Waals surface area contributed by atoms with Gasteiger partial charge in [-0.05, 0) is 43.5 Å². The molecule has 0 aliphatic rings. The number of nitrogens with one attached hydrogen (secondary N) is 2. The van der Waals surface area contributed by atoms with Crippen LogP contribution in [0.4, 0.5) is 4.79 Å². The molecule has 0 spiro atoms. The molecule has 4 nitrogen and oxygen atoms in total. The van der Waals surface area contributed by atoms with Crippen molar-refractivity contribution in [1.29, 1.82) is 0 Å². The lowest BCUT2D eigenvalue weighted by Gasteiger charge is -2.09. The molecule has 2 rings (SSSR count). The average Bonchev–Trinajstić information content (AvgIpc) is 2.58. The summed E-state index contributed by atoms with van der Waals surface area (Å²) >= 11 is 6.07. The summed E-state index contributed by atoms with van der Waals surface area (Å²) in [5.74, 6) is 0.852. The van der Waals surface area contributed by atoms with Gasteiger partial charge in [-0.3, -0.25) is 0 Å². The van der Waals surface area contributed by atoms with Crippen LogP contribution in [0.15, 0.2) is 48.5 Å². The molecule has 0 unspecified atom stereocenters. The summed E-state index contributed by atoms with van der Waals surface area (Å²) in [6.45, 7) is 3.74. The molecule has 2 aromatic rings. The Labute approximate surface area is 148 Å². The Morgan fingerprint density at radius 1 is 1.04 bits per heavy atom. The monoisotopic (exact) mass is 346 g/mol. The zero-order valence-electron chi connectivity index (χ0n) is 13.8. The van der Waals surface area contributed by atoms with E-state index in [2.05, 4.69) is 10.6 Å². The highest BCUT2D eigenvalue weighted by Gasteiger charge is 2.02. The van der Waals surface area contributed by atoms with E-state index in [4.69, 9.17) is 16.3 Å². The number of hydrogen-bond donors (Lipinski definition) is 2. The maximum atomic E-state index is 11.7. The first kappa shape index (κ1) is 18.1. The van der Waals surface area contributed by atoms with E-state index >= 15 is 0 Å². The van der Waals surface area contributed by atoms with Crippen LogP contribution in [0, 0.1) is 6.92 Å². The van der Waals surface area contributed by atoms with Crippen molar-refractivity contribution < 1.29 is 9.53 Å². The number of rotatable bonds is 8. The van der Waals surface area contributed by atoms with Crippen molar-refractivity contribution in [1.82, 2.24) is 10.6 Å². The molecule has 0 saturated heterocycles. The van der Waals surface area contributed by atoms with Crippen LogP contribution in [0.1, 0.15) is 17.5 Å². The molecule has 0 atom stereocenters. The second-order valence-corrected chi connectivity index (χ2v) is 5.95. The number of hydrogen-bond acceptors (Lipinski definition) is 2. The average molecular weight is 347 g/mol. The molecule has 2 amide bonds. The summed E-state index contributed by atoms with van der Waals surface area (Å²) in [5.41, 5.74) is 2.24. The SMILES string of the molecule is Cc1ccc(OCCCNC(=O)NCCc2ccccc2Cl)cc1. The number of ether oxygens (including phenoxy) is 1. The van der Waals surface area contributed by atoms with Crippen molar-refractivity contribution in [3.05, 3.63) is 64.7 Å². The van der Waals surface area contributed by atoms with Crippen molar-refractivity contribution in [2.45, 2.75) is 19.8 Å². The molecule has 0 saturated carbocycles. The lowest BCUT2D eigenvalue weighted by atomic mass is 10.1. The number of carbonyl (C=O) groups excluding carboxylic acids is 1. The van der Waals surface area contributed by atoms with Gasteiger partial charge in [-0.2, -0.15) is 0 Å². The fourth-order valence-corrected chi connectivity index (χ4v) is 2.40. The van der Waals surface area contributed by atoms with E-state index in [9.17, 15) is 4.79 Å². The smallest absolute Gasteiger partial charge is 0.314 e. The highest BCUT2D eigenvalue weighted by Crippen LogP contribution is 2.14. The number of aryl methyl sites for hydroxylation is 1. The van der Waals surface area contributed by atoms with Crippen LogP contribution in [0.3, 0.4) is 0 Å². The lowest BCUT2D eigenvalue weighted by molar-refractivity contribution is 0.239. The normalized spacial score (nSPS) is 10.2. The van der Waals surface area contributed by atoms with Gasteiger partial charge in [0, 0.05) is 18.1 Å². The molecule has 0 heterocycles. The molecular weight excluding hydrogens is 324 g/mol. The predicted octanol–water partition coefficient (Wildman–Crippen LogP) is 3.96. The highest BCUT2D eigenvalue weighted by molar-refractivity contribution is 6.31. The van der Waals surface area contributed by atoms with Gasteiger partial charge in [0.05, 0.1) is 6.61 Å². The molecule has 128 valence electrons. The minimum Gasteiger partial charge on any atom is -0.494 e. The maximum absolute atomic E-state index is 11.7. The van der Waals surface area contributed by atoms with Gasteiger partial charge in [0.2, 0.25) is 0 Å². The van der Waals surface area contributed by atoms with Gasteiger partial charge in [-0.15, -0.1) is 0 Å². The fraction of sp³-hybridized carbons (Fsp3) is 0.316. The molecule has 0 fully saturated rings. The van der Waals surface area contributed by atoms with Crippen molar-refractivity contribution in [2.75, 3.05) is 19.7 Å². The van der Waals surface area contributed by atoms with Gasteiger partial charge in [-0.25, -0.2) is 4.79 Å². The standard InChI is InChI=1S/C19H23ClN2O2/c1-15-7-9-17(10-8-15)24-14-4-12-21-19(23)22-13-11-16-5-2-3-6-18(16)20/h2-3,5-10H,4,11-14H2,1H3,(H2,21,22,23). The molecule has 0 aromatic heterocycles. The Bertz CT molecular complexity index is 644. The number of carbonyl (C=O) groups is 1. The number of urea groups is 1. The third kappa shape index (κ3) is 6.50. The molecule has 24 heavy (non-hydrogen) atoms. The topological polar surface area (TPSA) is 50.4 Å². The van der Waals surface area contributed by atoms with E-state index < -0.39 is 0 Å². The molecule has 0 bridgehead atoms. The van der Waals surface area contributed by atoms with Crippen molar-refractivity contribution in [3.8, 4) is 5.75 Å². The van der Waals surface area contributed by atoms with Crippen LogP contribution in [-0.2, 0) is 6.42 Å². The van der Waals surface area contributed by atoms with Crippen LogP contribution in [0.2, 0.25) is 5.02 Å². The first-order valence-electron chi connectivity index (χ1n) is 8.10. The molecule has 0 radical (unpaired) electrons. The van der Waals surface area contributed by atoms with Crippen LogP contribution in [0.5, 0.6) is 5.75 Å². The van der Waals surface area contributed by atoms with Crippen molar-refractivity contribution >= 4 is 17.6 Å². The van der Waals surface area contributed by atoms with E-state index in [1.165, 1.54) is 5.56 Å². The van der Waals surface area contributed by atoms with Crippen LogP contribution in [0.25, 0.3) is 0 Å². The van der Waals surface area contributed by atoms with E-state index in [1.54, 1.807) is 0 Å². The Morgan fingerprint density at radius 2 is 1.75 bits per heavy atom. The largest absolute Gasteiger partial charge is 0.494 e. The van der Waals surface area contributed by atoms with Gasteiger partial charge in [0.25, 0.3) is 0 Å². The number of amides is 2. The van der Waals surface area contributed by atoms with Crippen LogP contribution < -0.4 is 15.4 Å². The summed E-state index contributed by atoms with van der Waals surface area (Å²) in [6.07, 6.45) is 1.47. The Hall–Kier alpha value is -2.20. The first-order valence-corrected chi connectivity index (χ1v) is 8.47. The Balaban J connectivity index is 1.53. The third-order valence-electron chi connectivity index (χ3n) is 3.53. The molecular formula is C19H23ClN2O2. The summed E-state index contributed by atoms with van der Waals surface area (Å²) in [6, 6.07) is 15.4. The second-order valence-electron chi connectivity index (χ2n) is 5.54. The van der Waals surface area contributed by atoms with Gasteiger partial charge in [0.1, 0.15) is 5.75 Å². The second kappa shape index (κ2) is 9.83. The van der Waals surface area contributed by atoms with Crippen LogP contribution in [-0.4, -0.2) is 25.7 Å². The van der Waals surface area contributed by atoms with Gasteiger partial charge in [0.15, 0.2) is 0 Å². The van der Waals surface area contributed by atoms with E-state index in [0.29, 0.717) is 26.1 Å². The maximum Gasteiger partial charge on any atom is 0.314 e. The molecule has 2 aromatic carbocycles. The van der Waals surface area contributed by atoms with Gasteiger partial charge < -0.3 is 15.4 Å². The van der Waals surface area contributed by atoms with Crippen LogP contribution >= 0.6 is 11.6 Å². The molecule has 5 heteroatoms. The molecule has 2 N–H and O–H groups in total. The van der Waals surface area contributed by atoms with Gasteiger partial charge >= 0.3 is 6.03 Å². The van der Waals surface area contributed by atoms with Gasteiger partial charge in [-0.1, -0.05) is 47.5 Å². The zero-order valence-corrected chi connectivity index (χ0v) is 14.6. The third-order valence-corrected chi connectivity index (χ3v) is 3.90. The molecule has 0 aliphatic heterocycles. The quantitative estimate of drug-likeness (QED) is 0.711. The summed E-state index contributed by atoms with van der Waals surface area (Å²) in [5, 5.41) is 6.37. The lowest BCUT2D eigenvalue weighted by Crippen LogP contribution is -2.37. The Kier molecular flexibility index (Phi) is 7.43. The van der Waals surface area contributed by atoms with E-state index in [-0.39, 0.29) is 6.03 Å². The minimum atomic E-state index is -0.169. The number of benzene rings is 2. The molecule has 0 aliphatic carbocycles. The minimum absolute atomic E-state index is 0.169. The fourth-order valence-electron chi connectivity index (χ4n) is 2.17. The van der Waals surface area contributed by atoms with Crippen molar-refractivity contribution in [3.63, 3.8) is 0 Å². The summed E-state index contributed by atoms with van der Waals surface area (Å²) in [7, 11) is 0. The predicted molar refractivity (Wildman–Crippen MR) is 97.8 cm³/mol. The van der Waals surface area contributed by atoms with E-state index in [1.807, 2.05) is 55.5 Å². The first-order chi connectivity index (χ1) is 11.6. The highest BCUT2D eigenvalue weighted by atomic mass is 35.5. The Morgan fingerprint density at radius 3 is 2.50 bits per heavy atom. The summed E-state index contributed by atoms with van der Waals surface area (Å²) < 4.78 is 5.61. The zero-order chi connectivity index (χ0) is 17.2. The number of halogens is 1.